The maximum Gasteiger partial charge on any atom is 0.207 e. The van der Waals surface area contributed by atoms with Crippen LogP contribution in [0.1, 0.15) is 63.8 Å². The molecule has 2 rings (SSSR count). The molecule has 0 heterocycles. The molecule has 4 nitrogen and oxygen atoms in total. The Bertz CT molecular complexity index is 988. The topological polar surface area (TPSA) is 74.6 Å². The van der Waals surface area contributed by atoms with Gasteiger partial charge in [-0.3, -0.25) is 0 Å². The average molecular weight is 391 g/mol. The van der Waals surface area contributed by atoms with Crippen LogP contribution >= 0.6 is 0 Å². The van der Waals surface area contributed by atoms with Gasteiger partial charge >= 0.3 is 0 Å². The highest BCUT2D eigenvalue weighted by atomic mass is 32.2. The summed E-state index contributed by atoms with van der Waals surface area (Å²) in [5, 5.41) is 20.6. The van der Waals surface area contributed by atoms with Gasteiger partial charge in [0.1, 0.15) is 11.5 Å². The standard InChI is InChI=1S/C22H30O4S/c1-13-11-18(24)19(22(6,7)8)14(2)20(13)27(25,26)15-9-10-17(23)16(12-15)21(3,4)5/h9-12,23-24H,1-8H3. The molecule has 0 saturated heterocycles. The molecule has 0 aliphatic rings. The van der Waals surface area contributed by atoms with E-state index in [4.69, 9.17) is 0 Å². The predicted octanol–water partition coefficient (Wildman–Crippen LogP) is 5.14. The largest absolute Gasteiger partial charge is 0.508 e. The quantitative estimate of drug-likeness (QED) is 0.744. The first kappa shape index (κ1) is 21.3. The van der Waals surface area contributed by atoms with Gasteiger partial charge in [0.05, 0.1) is 9.79 Å². The van der Waals surface area contributed by atoms with Gasteiger partial charge < -0.3 is 10.2 Å². The van der Waals surface area contributed by atoms with Crippen LogP contribution in [-0.4, -0.2) is 18.6 Å². The normalized spacial score (nSPS) is 13.0. The number of phenolic OH excluding ortho intramolecular Hbond substituents is 2. The molecule has 0 spiro atoms. The van der Waals surface area contributed by atoms with Crippen molar-refractivity contribution in [3.63, 3.8) is 0 Å². The number of hydrogen-bond acceptors (Lipinski definition) is 4. The van der Waals surface area contributed by atoms with Crippen molar-refractivity contribution in [1.82, 2.24) is 0 Å². The van der Waals surface area contributed by atoms with Crippen molar-refractivity contribution in [2.75, 3.05) is 0 Å². The number of aryl methyl sites for hydroxylation is 1. The fourth-order valence-corrected chi connectivity index (χ4v) is 5.45. The van der Waals surface area contributed by atoms with E-state index in [0.29, 0.717) is 22.3 Å². The third-order valence-corrected chi connectivity index (χ3v) is 6.83. The number of benzene rings is 2. The Labute approximate surface area is 162 Å². The van der Waals surface area contributed by atoms with Gasteiger partial charge in [-0.2, -0.15) is 0 Å². The highest BCUT2D eigenvalue weighted by molar-refractivity contribution is 7.91. The molecular formula is C22H30O4S. The first-order valence-corrected chi connectivity index (χ1v) is 10.5. The van der Waals surface area contributed by atoms with Crippen LogP contribution in [0.25, 0.3) is 0 Å². The Morgan fingerprint density at radius 3 is 1.85 bits per heavy atom. The molecule has 0 radical (unpaired) electrons. The van der Waals surface area contributed by atoms with Gasteiger partial charge in [0.2, 0.25) is 9.84 Å². The summed E-state index contributed by atoms with van der Waals surface area (Å²) in [4.78, 5) is 0.359. The van der Waals surface area contributed by atoms with Crippen molar-refractivity contribution < 1.29 is 18.6 Å². The van der Waals surface area contributed by atoms with Crippen LogP contribution in [-0.2, 0) is 20.7 Å². The molecule has 0 atom stereocenters. The van der Waals surface area contributed by atoms with Crippen molar-refractivity contribution in [2.45, 2.75) is 76.0 Å². The maximum absolute atomic E-state index is 13.5. The molecule has 148 valence electrons. The molecule has 2 aromatic rings. The minimum Gasteiger partial charge on any atom is -0.508 e. The van der Waals surface area contributed by atoms with Gasteiger partial charge in [-0.05, 0) is 60.1 Å². The van der Waals surface area contributed by atoms with Crippen LogP contribution in [0.5, 0.6) is 11.5 Å². The van der Waals surface area contributed by atoms with Crippen LogP contribution in [0.4, 0.5) is 0 Å². The summed E-state index contributed by atoms with van der Waals surface area (Å²) in [7, 11) is -3.82. The van der Waals surface area contributed by atoms with E-state index in [2.05, 4.69) is 0 Å². The summed E-state index contributed by atoms with van der Waals surface area (Å²) < 4.78 is 27.0. The third-order valence-electron chi connectivity index (χ3n) is 4.79. The zero-order valence-electron chi connectivity index (χ0n) is 17.4. The van der Waals surface area contributed by atoms with Gasteiger partial charge in [-0.15, -0.1) is 0 Å². The van der Waals surface area contributed by atoms with E-state index < -0.39 is 20.7 Å². The van der Waals surface area contributed by atoms with E-state index in [-0.39, 0.29) is 21.3 Å². The summed E-state index contributed by atoms with van der Waals surface area (Å²) in [6, 6.07) is 5.93. The molecule has 2 aromatic carbocycles. The number of hydrogen-bond donors (Lipinski definition) is 2. The second kappa shape index (κ2) is 6.55. The van der Waals surface area contributed by atoms with E-state index in [1.807, 2.05) is 41.5 Å². The number of rotatable bonds is 2. The van der Waals surface area contributed by atoms with Gasteiger partial charge in [0, 0.05) is 11.1 Å². The van der Waals surface area contributed by atoms with E-state index >= 15 is 0 Å². The van der Waals surface area contributed by atoms with Crippen LogP contribution < -0.4 is 0 Å². The van der Waals surface area contributed by atoms with Crippen molar-refractivity contribution in [1.29, 1.82) is 0 Å². The minimum atomic E-state index is -3.82. The molecule has 0 unspecified atom stereocenters. The lowest BCUT2D eigenvalue weighted by atomic mass is 9.82. The van der Waals surface area contributed by atoms with Gasteiger partial charge in [-0.25, -0.2) is 8.42 Å². The molecule has 27 heavy (non-hydrogen) atoms. The summed E-state index contributed by atoms with van der Waals surface area (Å²) in [5.74, 6) is 0.188. The second-order valence-corrected chi connectivity index (χ2v) is 11.1. The monoisotopic (exact) mass is 390 g/mol. The molecule has 0 fully saturated rings. The summed E-state index contributed by atoms with van der Waals surface area (Å²) >= 11 is 0. The van der Waals surface area contributed by atoms with Crippen molar-refractivity contribution in [2.24, 2.45) is 0 Å². The van der Waals surface area contributed by atoms with Crippen LogP contribution in [0.15, 0.2) is 34.1 Å². The third kappa shape index (κ3) is 3.84. The van der Waals surface area contributed by atoms with Crippen molar-refractivity contribution in [3.8, 4) is 11.5 Å². The Kier molecular flexibility index (Phi) is 5.17. The molecule has 0 amide bonds. The summed E-state index contributed by atoms with van der Waals surface area (Å²) in [5.41, 5.74) is 1.46. The maximum atomic E-state index is 13.5. The lowest BCUT2D eigenvalue weighted by Crippen LogP contribution is -2.18. The molecule has 0 aliphatic heterocycles. The molecule has 0 aromatic heterocycles. The first-order chi connectivity index (χ1) is 12.1. The van der Waals surface area contributed by atoms with Crippen molar-refractivity contribution in [3.05, 3.63) is 46.5 Å². The number of aromatic hydroxyl groups is 2. The average Bonchev–Trinajstić information content (AvgIpc) is 2.43. The van der Waals surface area contributed by atoms with Crippen molar-refractivity contribution >= 4 is 9.84 Å². The van der Waals surface area contributed by atoms with E-state index in [1.54, 1.807) is 19.9 Å². The molecule has 2 N–H and O–H groups in total. The molecule has 5 heteroatoms. The molecule has 0 aliphatic carbocycles. The van der Waals surface area contributed by atoms with Crippen LogP contribution in [0.2, 0.25) is 0 Å². The molecule has 0 bridgehead atoms. The summed E-state index contributed by atoms with van der Waals surface area (Å²) in [6.45, 7) is 15.0. The highest BCUT2D eigenvalue weighted by Gasteiger charge is 2.31. The number of sulfone groups is 1. The van der Waals surface area contributed by atoms with E-state index in [0.717, 1.165) is 0 Å². The SMILES string of the molecule is Cc1cc(O)c(C(C)(C)C)c(C)c1S(=O)(=O)c1ccc(O)c(C(C)(C)C)c1. The van der Waals surface area contributed by atoms with Gasteiger partial charge in [-0.1, -0.05) is 41.5 Å². The molecule has 0 saturated carbocycles. The fraction of sp³-hybridized carbons (Fsp3) is 0.455. The Hall–Kier alpha value is -2.01. The van der Waals surface area contributed by atoms with E-state index in [1.165, 1.54) is 18.2 Å². The van der Waals surface area contributed by atoms with Gasteiger partial charge in [0.15, 0.2) is 0 Å². The second-order valence-electron chi connectivity index (χ2n) is 9.22. The predicted molar refractivity (Wildman–Crippen MR) is 109 cm³/mol. The first-order valence-electron chi connectivity index (χ1n) is 9.00. The lowest BCUT2D eigenvalue weighted by Gasteiger charge is -2.26. The van der Waals surface area contributed by atoms with Gasteiger partial charge in [0.25, 0.3) is 0 Å². The fourth-order valence-electron chi connectivity index (χ4n) is 3.71. The smallest absolute Gasteiger partial charge is 0.207 e. The van der Waals surface area contributed by atoms with Crippen LogP contribution in [0, 0.1) is 13.8 Å². The minimum absolute atomic E-state index is 0.0796. The van der Waals surface area contributed by atoms with Crippen LogP contribution in [0.3, 0.4) is 0 Å². The zero-order chi connectivity index (χ0) is 20.9. The highest BCUT2D eigenvalue weighted by Crippen LogP contribution is 2.41. The number of phenols is 2. The Morgan fingerprint density at radius 1 is 0.815 bits per heavy atom. The summed E-state index contributed by atoms with van der Waals surface area (Å²) in [6.07, 6.45) is 0. The van der Waals surface area contributed by atoms with E-state index in [9.17, 15) is 18.6 Å². The Balaban J connectivity index is 2.83. The molecular weight excluding hydrogens is 360 g/mol. The zero-order valence-corrected chi connectivity index (χ0v) is 18.2. The Morgan fingerprint density at radius 2 is 1.37 bits per heavy atom. The lowest BCUT2D eigenvalue weighted by molar-refractivity contribution is 0.443.